The van der Waals surface area contributed by atoms with Crippen molar-refractivity contribution in [2.24, 2.45) is 0 Å². The van der Waals surface area contributed by atoms with Crippen molar-refractivity contribution >= 4 is 22.9 Å². The van der Waals surface area contributed by atoms with Crippen molar-refractivity contribution in [2.75, 3.05) is 7.05 Å². The van der Waals surface area contributed by atoms with Gasteiger partial charge in [-0.2, -0.15) is 0 Å². The highest BCUT2D eigenvalue weighted by atomic mass is 35.5. The van der Waals surface area contributed by atoms with E-state index < -0.39 is 0 Å². The fraction of sp³-hybridized carbons (Fsp3) is 0.273. The third-order valence-corrected chi connectivity index (χ3v) is 3.71. The molecule has 0 aromatic carbocycles. The summed E-state index contributed by atoms with van der Waals surface area (Å²) >= 11 is 7.76. The summed E-state index contributed by atoms with van der Waals surface area (Å²) in [7, 11) is 1.90. The first kappa shape index (κ1) is 11.5. The van der Waals surface area contributed by atoms with Gasteiger partial charge in [-0.15, -0.1) is 11.3 Å². The van der Waals surface area contributed by atoms with Crippen molar-refractivity contribution in [3.63, 3.8) is 0 Å². The molecule has 0 aliphatic carbocycles. The van der Waals surface area contributed by atoms with E-state index in [4.69, 9.17) is 11.6 Å². The Kier molecular flexibility index (Phi) is 3.53. The first-order valence-corrected chi connectivity index (χ1v) is 6.18. The molecule has 2 aromatic heterocycles. The Labute approximate surface area is 104 Å². The molecule has 0 aliphatic heterocycles. The Morgan fingerprint density at radius 2 is 2.25 bits per heavy atom. The average Bonchev–Trinajstić information content (AvgIpc) is 2.67. The summed E-state index contributed by atoms with van der Waals surface area (Å²) in [5, 5.41) is 5.99. The van der Waals surface area contributed by atoms with E-state index in [1.165, 1.54) is 0 Å². The maximum Gasteiger partial charge on any atom is 0.125 e. The SMILES string of the molecule is CNC(c1ccnc(C)n1)c1sccc1Cl. The largest absolute Gasteiger partial charge is 0.307 e. The minimum Gasteiger partial charge on any atom is -0.307 e. The van der Waals surface area contributed by atoms with Crippen LogP contribution in [-0.4, -0.2) is 17.0 Å². The predicted molar refractivity (Wildman–Crippen MR) is 67.0 cm³/mol. The lowest BCUT2D eigenvalue weighted by atomic mass is 10.1. The van der Waals surface area contributed by atoms with Gasteiger partial charge >= 0.3 is 0 Å². The highest BCUT2D eigenvalue weighted by molar-refractivity contribution is 7.10. The van der Waals surface area contributed by atoms with E-state index in [1.807, 2.05) is 31.5 Å². The zero-order valence-electron chi connectivity index (χ0n) is 9.07. The predicted octanol–water partition coefficient (Wildman–Crippen LogP) is 2.81. The number of thiophene rings is 1. The molecule has 0 saturated carbocycles. The Morgan fingerprint density at radius 1 is 1.44 bits per heavy atom. The molecule has 0 radical (unpaired) electrons. The van der Waals surface area contributed by atoms with E-state index in [9.17, 15) is 0 Å². The molecule has 2 aromatic rings. The van der Waals surface area contributed by atoms with Crippen LogP contribution in [-0.2, 0) is 0 Å². The first-order valence-electron chi connectivity index (χ1n) is 4.92. The molecule has 2 rings (SSSR count). The summed E-state index contributed by atoms with van der Waals surface area (Å²) in [6.45, 7) is 1.88. The van der Waals surface area contributed by atoms with Crippen LogP contribution in [0.3, 0.4) is 0 Å². The Morgan fingerprint density at radius 3 is 2.81 bits per heavy atom. The third-order valence-electron chi connectivity index (χ3n) is 2.29. The lowest BCUT2D eigenvalue weighted by Crippen LogP contribution is -2.18. The number of aromatic nitrogens is 2. The molecule has 0 aliphatic rings. The summed E-state index contributed by atoms with van der Waals surface area (Å²) in [6, 6.07) is 3.85. The summed E-state index contributed by atoms with van der Waals surface area (Å²) in [5.74, 6) is 0.769. The van der Waals surface area contributed by atoms with Crippen LogP contribution in [0.2, 0.25) is 5.02 Å². The van der Waals surface area contributed by atoms with Crippen molar-refractivity contribution in [3.05, 3.63) is 45.1 Å². The van der Waals surface area contributed by atoms with Gasteiger partial charge < -0.3 is 5.32 Å². The molecule has 1 unspecified atom stereocenters. The second kappa shape index (κ2) is 4.91. The fourth-order valence-electron chi connectivity index (χ4n) is 1.56. The number of aryl methyl sites for hydroxylation is 1. The molecule has 0 saturated heterocycles. The van der Waals surface area contributed by atoms with E-state index in [0.29, 0.717) is 0 Å². The number of rotatable bonds is 3. The number of nitrogens with zero attached hydrogens (tertiary/aromatic N) is 2. The van der Waals surface area contributed by atoms with Crippen LogP contribution in [0.1, 0.15) is 22.4 Å². The molecular weight excluding hydrogens is 242 g/mol. The molecule has 0 bridgehead atoms. The molecule has 0 amide bonds. The van der Waals surface area contributed by atoms with Gasteiger partial charge in [-0.05, 0) is 31.5 Å². The van der Waals surface area contributed by atoms with E-state index in [1.54, 1.807) is 17.5 Å². The zero-order valence-corrected chi connectivity index (χ0v) is 10.6. The highest BCUT2D eigenvalue weighted by Gasteiger charge is 2.17. The van der Waals surface area contributed by atoms with Gasteiger partial charge in [0.25, 0.3) is 0 Å². The van der Waals surface area contributed by atoms with E-state index in [0.717, 1.165) is 21.4 Å². The van der Waals surface area contributed by atoms with Crippen molar-refractivity contribution in [1.29, 1.82) is 0 Å². The topological polar surface area (TPSA) is 37.8 Å². The highest BCUT2D eigenvalue weighted by Crippen LogP contribution is 2.31. The molecule has 0 fully saturated rings. The van der Waals surface area contributed by atoms with Gasteiger partial charge in [-0.1, -0.05) is 11.6 Å². The monoisotopic (exact) mass is 253 g/mol. The Hall–Kier alpha value is -0.970. The minimum atomic E-state index is 0.0363. The summed E-state index contributed by atoms with van der Waals surface area (Å²) in [6.07, 6.45) is 1.77. The molecule has 1 N–H and O–H groups in total. The minimum absolute atomic E-state index is 0.0363. The number of hydrogen-bond donors (Lipinski definition) is 1. The second-order valence-electron chi connectivity index (χ2n) is 3.38. The Bertz CT molecular complexity index is 484. The zero-order chi connectivity index (χ0) is 11.5. The standard InChI is InChI=1S/C11H12ClN3S/c1-7-14-5-3-9(15-7)10(13-2)11-8(12)4-6-16-11/h3-6,10,13H,1-2H3. The van der Waals surface area contributed by atoms with Crippen molar-refractivity contribution in [2.45, 2.75) is 13.0 Å². The quantitative estimate of drug-likeness (QED) is 0.914. The number of hydrogen-bond acceptors (Lipinski definition) is 4. The summed E-state index contributed by atoms with van der Waals surface area (Å²) in [4.78, 5) is 9.59. The van der Waals surface area contributed by atoms with Gasteiger partial charge in [-0.3, -0.25) is 0 Å². The van der Waals surface area contributed by atoms with Crippen molar-refractivity contribution < 1.29 is 0 Å². The van der Waals surface area contributed by atoms with Crippen LogP contribution in [0, 0.1) is 6.92 Å². The molecule has 84 valence electrons. The maximum atomic E-state index is 6.13. The summed E-state index contributed by atoms with van der Waals surface area (Å²) < 4.78 is 0. The second-order valence-corrected chi connectivity index (χ2v) is 4.74. The third kappa shape index (κ3) is 2.24. The van der Waals surface area contributed by atoms with Gasteiger partial charge in [0, 0.05) is 11.1 Å². The number of nitrogens with one attached hydrogen (secondary N) is 1. The van der Waals surface area contributed by atoms with Crippen LogP contribution < -0.4 is 5.32 Å². The lowest BCUT2D eigenvalue weighted by molar-refractivity contribution is 0.675. The maximum absolute atomic E-state index is 6.13. The molecule has 0 spiro atoms. The van der Waals surface area contributed by atoms with Crippen LogP contribution in [0.15, 0.2) is 23.7 Å². The molecule has 2 heterocycles. The van der Waals surface area contributed by atoms with Crippen molar-refractivity contribution in [3.8, 4) is 0 Å². The molecule has 3 nitrogen and oxygen atoms in total. The van der Waals surface area contributed by atoms with Crippen LogP contribution in [0.4, 0.5) is 0 Å². The van der Waals surface area contributed by atoms with Crippen molar-refractivity contribution in [1.82, 2.24) is 15.3 Å². The smallest absolute Gasteiger partial charge is 0.125 e. The van der Waals surface area contributed by atoms with Gasteiger partial charge in [0.2, 0.25) is 0 Å². The van der Waals surface area contributed by atoms with E-state index >= 15 is 0 Å². The van der Waals surface area contributed by atoms with Gasteiger partial charge in [0.05, 0.1) is 16.8 Å². The molecule has 5 heteroatoms. The van der Waals surface area contributed by atoms with E-state index in [-0.39, 0.29) is 6.04 Å². The van der Waals surface area contributed by atoms with Gasteiger partial charge in [0.1, 0.15) is 5.82 Å². The van der Waals surface area contributed by atoms with Crippen LogP contribution in [0.25, 0.3) is 0 Å². The fourth-order valence-corrected chi connectivity index (χ4v) is 2.85. The Balaban J connectivity index is 2.40. The summed E-state index contributed by atoms with van der Waals surface area (Å²) in [5.41, 5.74) is 0.944. The van der Waals surface area contributed by atoms with E-state index in [2.05, 4.69) is 15.3 Å². The normalized spacial score (nSPS) is 12.7. The lowest BCUT2D eigenvalue weighted by Gasteiger charge is -2.14. The average molecular weight is 254 g/mol. The van der Waals surface area contributed by atoms with Gasteiger partial charge in [-0.25, -0.2) is 9.97 Å². The number of halogens is 1. The van der Waals surface area contributed by atoms with Gasteiger partial charge in [0.15, 0.2) is 0 Å². The molecular formula is C11H12ClN3S. The first-order chi connectivity index (χ1) is 7.72. The molecule has 16 heavy (non-hydrogen) atoms. The van der Waals surface area contributed by atoms with Crippen LogP contribution >= 0.6 is 22.9 Å². The molecule has 1 atom stereocenters. The van der Waals surface area contributed by atoms with Crippen LogP contribution in [0.5, 0.6) is 0 Å².